The van der Waals surface area contributed by atoms with Crippen LogP contribution in [0.3, 0.4) is 0 Å². The first kappa shape index (κ1) is 33.0. The van der Waals surface area contributed by atoms with Crippen LogP contribution in [0, 0.1) is 0 Å². The van der Waals surface area contributed by atoms with E-state index in [1.807, 2.05) is 55.5 Å². The first-order valence-corrected chi connectivity index (χ1v) is 16.3. The highest BCUT2D eigenvalue weighted by Crippen LogP contribution is 2.27. The molecule has 2 aromatic carbocycles. The fourth-order valence-corrected chi connectivity index (χ4v) is 5.95. The zero-order chi connectivity index (χ0) is 30.2. The second kappa shape index (κ2) is 18.2. The van der Waals surface area contributed by atoms with E-state index in [4.69, 9.17) is 9.47 Å². The molecule has 2 N–H and O–H groups in total. The molecule has 14 heteroatoms. The maximum atomic E-state index is 11.5. The number of hydrogen-bond donors (Lipinski definition) is 2. The Kier molecular flexibility index (Phi) is 14.3. The number of carbonyl (C=O) groups excluding carboxylic acids is 2. The zero-order valence-corrected chi connectivity index (χ0v) is 26.8. The highest BCUT2D eigenvalue weighted by atomic mass is 32.2. The third-order valence-electron chi connectivity index (χ3n) is 5.18. The Morgan fingerprint density at radius 2 is 1.26 bits per heavy atom. The smallest absolute Gasteiger partial charge is 0.230 e. The lowest BCUT2D eigenvalue weighted by Gasteiger charge is -2.01. The van der Waals surface area contributed by atoms with Gasteiger partial charge in [-0.1, -0.05) is 36.5 Å². The maximum Gasteiger partial charge on any atom is 0.230 e. The summed E-state index contributed by atoms with van der Waals surface area (Å²) < 4.78 is 20.4. The summed E-state index contributed by atoms with van der Waals surface area (Å²) in [6.07, 6.45) is 2.59. The molecule has 0 aliphatic heterocycles. The number of amides is 2. The van der Waals surface area contributed by atoms with Crippen LogP contribution in [0.25, 0.3) is 22.8 Å². The van der Waals surface area contributed by atoms with Crippen molar-refractivity contribution in [2.45, 2.75) is 22.0 Å². The summed E-state index contributed by atoms with van der Waals surface area (Å²) >= 11 is 5.39. The van der Waals surface area contributed by atoms with Crippen molar-refractivity contribution >= 4 is 58.4 Å². The molecule has 222 valence electrons. The number of hydrogen-bond acceptors (Lipinski definition) is 12. The summed E-state index contributed by atoms with van der Waals surface area (Å²) in [5.74, 6) is 3.63. The summed E-state index contributed by atoms with van der Waals surface area (Å²) in [5, 5.41) is 5.55. The average Bonchev–Trinajstić information content (AvgIpc) is 3.71. The van der Waals surface area contributed by atoms with E-state index in [2.05, 4.69) is 35.9 Å². The van der Waals surface area contributed by atoms with E-state index in [0.717, 1.165) is 37.7 Å². The first-order chi connectivity index (χ1) is 20.4. The van der Waals surface area contributed by atoms with Gasteiger partial charge in [-0.05, 0) is 78.0 Å². The molecule has 2 amide bonds. The van der Waals surface area contributed by atoms with Crippen molar-refractivity contribution in [2.24, 2.45) is 0 Å². The van der Waals surface area contributed by atoms with Gasteiger partial charge in [0, 0.05) is 24.2 Å². The van der Waals surface area contributed by atoms with E-state index in [-0.39, 0.29) is 11.8 Å². The fraction of sp³-hybridized carbons (Fsp3) is 0.286. The standard InChI is InChI=1S/C14H17N3O2S2.C14H15N3O2S2/c2*1-3-8-15-12(18)9-20-14-16-13(17-21-14)10-4-6-11(19-2)7-5-10/h4-7H,3,8-9H2,1-2H3,(H,15,18);3-7H,1,8-9H2,2H3,(H,15,18). The molecule has 0 saturated heterocycles. The molecule has 0 unspecified atom stereocenters. The van der Waals surface area contributed by atoms with E-state index < -0.39 is 0 Å². The van der Waals surface area contributed by atoms with Gasteiger partial charge >= 0.3 is 0 Å². The third-order valence-corrected chi connectivity index (χ3v) is 8.85. The third kappa shape index (κ3) is 11.1. The molecule has 4 aromatic rings. The highest BCUT2D eigenvalue weighted by molar-refractivity contribution is 8.01. The van der Waals surface area contributed by atoms with Gasteiger partial charge in [-0.25, -0.2) is 9.97 Å². The molecule has 2 heterocycles. The molecule has 0 atom stereocenters. The van der Waals surface area contributed by atoms with Crippen LogP contribution in [0.5, 0.6) is 11.5 Å². The number of benzene rings is 2. The molecule has 42 heavy (non-hydrogen) atoms. The molecule has 4 rings (SSSR count). The molecule has 0 radical (unpaired) electrons. The number of carbonyl (C=O) groups is 2. The topological polar surface area (TPSA) is 128 Å². The fourth-order valence-electron chi connectivity index (χ4n) is 3.06. The van der Waals surface area contributed by atoms with E-state index in [0.29, 0.717) is 36.2 Å². The normalized spacial score (nSPS) is 10.3. The minimum Gasteiger partial charge on any atom is -0.497 e. The monoisotopic (exact) mass is 644 g/mol. The van der Waals surface area contributed by atoms with E-state index >= 15 is 0 Å². The van der Waals surface area contributed by atoms with Crippen LogP contribution in [0.1, 0.15) is 13.3 Å². The number of methoxy groups -OCH3 is 2. The molecule has 0 aliphatic carbocycles. The summed E-state index contributed by atoms with van der Waals surface area (Å²) in [4.78, 5) is 31.9. The van der Waals surface area contributed by atoms with Gasteiger partial charge in [-0.3, -0.25) is 9.59 Å². The number of thioether (sulfide) groups is 2. The van der Waals surface area contributed by atoms with E-state index in [9.17, 15) is 9.59 Å². The van der Waals surface area contributed by atoms with Crippen LogP contribution in [0.15, 0.2) is 69.9 Å². The second-order valence-electron chi connectivity index (χ2n) is 8.24. The lowest BCUT2D eigenvalue weighted by atomic mass is 10.2. The first-order valence-electron chi connectivity index (χ1n) is 12.8. The summed E-state index contributed by atoms with van der Waals surface area (Å²) in [5.41, 5.74) is 1.87. The maximum absolute atomic E-state index is 11.5. The molecule has 0 bridgehead atoms. The Hall–Kier alpha value is -3.46. The summed E-state index contributed by atoms with van der Waals surface area (Å²) in [7, 11) is 3.26. The van der Waals surface area contributed by atoms with Gasteiger partial charge in [0.05, 0.1) is 25.7 Å². The SMILES string of the molecule is C=CCNC(=O)CSc1nc(-c2ccc(OC)cc2)ns1.CCCNC(=O)CSc1nc(-c2ccc(OC)cc2)ns1. The molecular formula is C28H32N6O4S4. The largest absolute Gasteiger partial charge is 0.497 e. The van der Waals surface area contributed by atoms with Crippen LogP contribution in [0.2, 0.25) is 0 Å². The van der Waals surface area contributed by atoms with E-state index in [1.54, 1.807) is 20.3 Å². The zero-order valence-electron chi connectivity index (χ0n) is 23.5. The van der Waals surface area contributed by atoms with Crippen molar-refractivity contribution in [2.75, 3.05) is 38.8 Å². The Bertz CT molecular complexity index is 1410. The van der Waals surface area contributed by atoms with E-state index in [1.165, 1.54) is 46.6 Å². The van der Waals surface area contributed by atoms with Gasteiger partial charge in [-0.15, -0.1) is 6.58 Å². The van der Waals surface area contributed by atoms with Crippen LogP contribution in [-0.4, -0.2) is 69.3 Å². The number of rotatable bonds is 14. The molecule has 0 spiro atoms. The van der Waals surface area contributed by atoms with Crippen molar-refractivity contribution in [1.29, 1.82) is 0 Å². The Balaban J connectivity index is 0.000000230. The Morgan fingerprint density at radius 1 is 0.810 bits per heavy atom. The van der Waals surface area contributed by atoms with Crippen LogP contribution < -0.4 is 20.1 Å². The highest BCUT2D eigenvalue weighted by Gasteiger charge is 2.11. The molecule has 10 nitrogen and oxygen atoms in total. The van der Waals surface area contributed by atoms with Crippen molar-refractivity contribution in [3.8, 4) is 34.3 Å². The van der Waals surface area contributed by atoms with Crippen molar-refractivity contribution in [1.82, 2.24) is 29.3 Å². The molecule has 0 fully saturated rings. The lowest BCUT2D eigenvalue weighted by molar-refractivity contribution is -0.119. The van der Waals surface area contributed by atoms with Gasteiger partial charge in [-0.2, -0.15) is 8.75 Å². The van der Waals surface area contributed by atoms with Crippen LogP contribution >= 0.6 is 46.6 Å². The molecule has 2 aromatic heterocycles. The minimum atomic E-state index is -0.0407. The van der Waals surface area contributed by atoms with Gasteiger partial charge in [0.1, 0.15) is 11.5 Å². The number of ether oxygens (including phenoxy) is 2. The number of nitrogens with one attached hydrogen (secondary N) is 2. The Labute approximate surface area is 262 Å². The van der Waals surface area contributed by atoms with Gasteiger partial charge in [0.2, 0.25) is 11.8 Å². The Morgan fingerprint density at radius 3 is 1.67 bits per heavy atom. The molecule has 0 saturated carbocycles. The van der Waals surface area contributed by atoms with Gasteiger partial charge in [0.25, 0.3) is 0 Å². The van der Waals surface area contributed by atoms with Gasteiger partial charge < -0.3 is 20.1 Å². The quantitative estimate of drug-likeness (QED) is 0.135. The van der Waals surface area contributed by atoms with Crippen LogP contribution in [0.4, 0.5) is 0 Å². The van der Waals surface area contributed by atoms with Crippen molar-refractivity contribution in [3.63, 3.8) is 0 Å². The van der Waals surface area contributed by atoms with Crippen molar-refractivity contribution < 1.29 is 19.1 Å². The molecule has 0 aliphatic rings. The van der Waals surface area contributed by atoms with Crippen molar-refractivity contribution in [3.05, 3.63) is 61.2 Å². The number of aromatic nitrogens is 4. The lowest BCUT2D eigenvalue weighted by Crippen LogP contribution is -2.25. The van der Waals surface area contributed by atoms with Crippen LogP contribution in [-0.2, 0) is 9.59 Å². The number of nitrogens with zero attached hydrogens (tertiary/aromatic N) is 4. The predicted molar refractivity (Wildman–Crippen MR) is 172 cm³/mol. The van der Waals surface area contributed by atoms with Gasteiger partial charge in [0.15, 0.2) is 20.3 Å². The predicted octanol–water partition coefficient (Wildman–Crippen LogP) is 5.44. The second-order valence-corrected chi connectivity index (χ2v) is 12.2. The summed E-state index contributed by atoms with van der Waals surface area (Å²) in [6, 6.07) is 15.1. The summed E-state index contributed by atoms with van der Waals surface area (Å²) in [6.45, 7) is 6.77. The minimum absolute atomic E-state index is 0.0306. The molecular weight excluding hydrogens is 613 g/mol. The average molecular weight is 645 g/mol.